The first-order valence-electron chi connectivity index (χ1n) is 6.47. The van der Waals surface area contributed by atoms with Crippen molar-refractivity contribution in [2.75, 3.05) is 18.0 Å². The van der Waals surface area contributed by atoms with Crippen molar-refractivity contribution in [3.63, 3.8) is 0 Å². The molecule has 20 heavy (non-hydrogen) atoms. The summed E-state index contributed by atoms with van der Waals surface area (Å²) >= 11 is 0. The predicted octanol–water partition coefficient (Wildman–Crippen LogP) is 1.85. The van der Waals surface area contributed by atoms with Crippen molar-refractivity contribution in [2.24, 2.45) is 11.8 Å². The quantitative estimate of drug-likeness (QED) is 0.670. The topological polar surface area (TPSA) is 96.6 Å². The molecule has 0 radical (unpaired) electrons. The Morgan fingerprint density at radius 2 is 2.25 bits per heavy atom. The summed E-state index contributed by atoms with van der Waals surface area (Å²) in [6, 6.07) is 1.65. The van der Waals surface area contributed by atoms with Gasteiger partial charge in [0.2, 0.25) is 0 Å². The second kappa shape index (κ2) is 5.44. The fraction of sp³-hybridized carbons (Fsp3) is 0.538. The summed E-state index contributed by atoms with van der Waals surface area (Å²) in [7, 11) is 0. The number of anilines is 1. The minimum Gasteiger partial charge on any atom is -0.481 e. The van der Waals surface area contributed by atoms with Gasteiger partial charge < -0.3 is 10.0 Å². The fourth-order valence-electron chi connectivity index (χ4n) is 2.62. The average molecular weight is 279 g/mol. The van der Waals surface area contributed by atoms with Crippen molar-refractivity contribution >= 4 is 17.5 Å². The highest BCUT2D eigenvalue weighted by Gasteiger charge is 2.30. The van der Waals surface area contributed by atoms with Gasteiger partial charge in [-0.3, -0.25) is 14.9 Å². The van der Waals surface area contributed by atoms with E-state index in [-0.39, 0.29) is 11.6 Å². The molecule has 2 atom stereocenters. The highest BCUT2D eigenvalue weighted by atomic mass is 16.6. The molecule has 0 amide bonds. The van der Waals surface area contributed by atoms with E-state index in [9.17, 15) is 14.9 Å². The van der Waals surface area contributed by atoms with Gasteiger partial charge in [-0.1, -0.05) is 6.92 Å². The van der Waals surface area contributed by atoms with Crippen LogP contribution < -0.4 is 4.90 Å². The number of hydrogen-bond acceptors (Lipinski definition) is 5. The summed E-state index contributed by atoms with van der Waals surface area (Å²) in [5.41, 5.74) is 0.513. The smallest absolute Gasteiger partial charge is 0.308 e. The summed E-state index contributed by atoms with van der Waals surface area (Å²) in [5, 5.41) is 19.9. The SMILES string of the molecule is Cc1cc(N2CC(C)CC(C(=O)O)C2)ncc1[N+](=O)[O-]. The minimum atomic E-state index is -0.805. The van der Waals surface area contributed by atoms with Crippen LogP contribution in [-0.2, 0) is 4.79 Å². The Kier molecular flexibility index (Phi) is 3.87. The summed E-state index contributed by atoms with van der Waals surface area (Å²) in [5.74, 6) is -0.371. The molecule has 1 aliphatic rings. The number of aliphatic carboxylic acids is 1. The molecule has 1 aromatic rings. The van der Waals surface area contributed by atoms with Crippen LogP contribution in [0.2, 0.25) is 0 Å². The van der Waals surface area contributed by atoms with Crippen LogP contribution in [-0.4, -0.2) is 34.1 Å². The molecule has 0 bridgehead atoms. The molecule has 1 aromatic heterocycles. The molecule has 108 valence electrons. The second-order valence-corrected chi connectivity index (χ2v) is 5.37. The molecule has 1 saturated heterocycles. The number of carboxylic acids is 1. The summed E-state index contributed by atoms with van der Waals surface area (Å²) in [6.45, 7) is 4.77. The van der Waals surface area contributed by atoms with Gasteiger partial charge in [0.1, 0.15) is 12.0 Å². The van der Waals surface area contributed by atoms with E-state index in [1.165, 1.54) is 6.20 Å². The molecule has 2 unspecified atom stereocenters. The van der Waals surface area contributed by atoms with E-state index in [1.807, 2.05) is 11.8 Å². The Bertz CT molecular complexity index is 546. The zero-order chi connectivity index (χ0) is 14.9. The maximum atomic E-state index is 11.2. The first kappa shape index (κ1) is 14.2. The third-order valence-corrected chi connectivity index (χ3v) is 3.60. The summed E-state index contributed by atoms with van der Waals surface area (Å²) < 4.78 is 0. The van der Waals surface area contributed by atoms with Gasteiger partial charge in [0.25, 0.3) is 5.69 Å². The van der Waals surface area contributed by atoms with Crippen molar-refractivity contribution in [1.82, 2.24) is 4.98 Å². The van der Waals surface area contributed by atoms with E-state index in [0.29, 0.717) is 30.9 Å². The number of aromatic nitrogens is 1. The van der Waals surface area contributed by atoms with Gasteiger partial charge in [0.15, 0.2) is 0 Å². The lowest BCUT2D eigenvalue weighted by molar-refractivity contribution is -0.385. The lowest BCUT2D eigenvalue weighted by Crippen LogP contribution is -2.42. The molecule has 0 spiro atoms. The van der Waals surface area contributed by atoms with Crippen LogP contribution in [0.1, 0.15) is 18.9 Å². The number of nitrogens with zero attached hydrogens (tertiary/aromatic N) is 3. The number of carboxylic acid groups (broad SMARTS) is 1. The molecule has 0 aliphatic carbocycles. The standard InChI is InChI=1S/C13H17N3O4/c1-8-3-10(13(17)18)7-15(6-8)12-4-9(2)11(5-14-12)16(19)20/h4-5,8,10H,3,6-7H2,1-2H3,(H,17,18). The molecular formula is C13H17N3O4. The van der Waals surface area contributed by atoms with Gasteiger partial charge in [0, 0.05) is 18.7 Å². The maximum absolute atomic E-state index is 11.2. The lowest BCUT2D eigenvalue weighted by atomic mass is 9.90. The zero-order valence-electron chi connectivity index (χ0n) is 11.4. The predicted molar refractivity (Wildman–Crippen MR) is 72.7 cm³/mol. The van der Waals surface area contributed by atoms with Crippen molar-refractivity contribution in [3.8, 4) is 0 Å². The molecule has 2 heterocycles. The van der Waals surface area contributed by atoms with Crippen LogP contribution in [0.5, 0.6) is 0 Å². The zero-order valence-corrected chi connectivity index (χ0v) is 11.4. The Labute approximate surface area is 116 Å². The molecular weight excluding hydrogens is 262 g/mol. The van der Waals surface area contributed by atoms with E-state index in [2.05, 4.69) is 4.98 Å². The molecule has 0 saturated carbocycles. The number of hydrogen-bond donors (Lipinski definition) is 1. The van der Waals surface area contributed by atoms with Crippen molar-refractivity contribution < 1.29 is 14.8 Å². The number of aryl methyl sites for hydroxylation is 1. The molecule has 7 heteroatoms. The number of piperidine rings is 1. The van der Waals surface area contributed by atoms with Crippen molar-refractivity contribution in [1.29, 1.82) is 0 Å². The van der Waals surface area contributed by atoms with Crippen LogP contribution in [0.15, 0.2) is 12.3 Å². The van der Waals surface area contributed by atoms with Crippen LogP contribution in [0.3, 0.4) is 0 Å². The number of nitro groups is 1. The molecule has 7 nitrogen and oxygen atoms in total. The number of rotatable bonds is 3. The number of carbonyl (C=O) groups is 1. The van der Waals surface area contributed by atoms with Gasteiger partial charge in [0.05, 0.1) is 10.8 Å². The van der Waals surface area contributed by atoms with Gasteiger partial charge in [-0.05, 0) is 25.3 Å². The first-order chi connectivity index (χ1) is 9.38. The monoisotopic (exact) mass is 279 g/mol. The normalized spacial score (nSPS) is 22.6. The van der Waals surface area contributed by atoms with Crippen LogP contribution >= 0.6 is 0 Å². The van der Waals surface area contributed by atoms with Gasteiger partial charge >= 0.3 is 5.97 Å². The minimum absolute atomic E-state index is 0.0198. The average Bonchev–Trinajstić information content (AvgIpc) is 2.37. The van der Waals surface area contributed by atoms with Crippen LogP contribution in [0.4, 0.5) is 11.5 Å². The fourth-order valence-corrected chi connectivity index (χ4v) is 2.62. The van der Waals surface area contributed by atoms with Crippen molar-refractivity contribution in [3.05, 3.63) is 27.9 Å². The Balaban J connectivity index is 2.24. The molecule has 0 aromatic carbocycles. The maximum Gasteiger partial charge on any atom is 0.308 e. The highest BCUT2D eigenvalue weighted by molar-refractivity contribution is 5.71. The second-order valence-electron chi connectivity index (χ2n) is 5.37. The highest BCUT2D eigenvalue weighted by Crippen LogP contribution is 2.28. The summed E-state index contributed by atoms with van der Waals surface area (Å²) in [6.07, 6.45) is 1.89. The van der Waals surface area contributed by atoms with Crippen LogP contribution in [0, 0.1) is 28.9 Å². The Morgan fingerprint density at radius 3 is 2.80 bits per heavy atom. The third-order valence-electron chi connectivity index (χ3n) is 3.60. The molecule has 1 aliphatic heterocycles. The Hall–Kier alpha value is -2.18. The van der Waals surface area contributed by atoms with E-state index < -0.39 is 16.8 Å². The van der Waals surface area contributed by atoms with Crippen LogP contribution in [0.25, 0.3) is 0 Å². The first-order valence-corrected chi connectivity index (χ1v) is 6.47. The van der Waals surface area contributed by atoms with Crippen molar-refractivity contribution in [2.45, 2.75) is 20.3 Å². The number of pyridine rings is 1. The largest absolute Gasteiger partial charge is 0.481 e. The van der Waals surface area contributed by atoms with E-state index in [0.717, 1.165) is 0 Å². The van der Waals surface area contributed by atoms with Gasteiger partial charge in [-0.15, -0.1) is 0 Å². The van der Waals surface area contributed by atoms with Gasteiger partial charge in [-0.2, -0.15) is 0 Å². The Morgan fingerprint density at radius 1 is 1.55 bits per heavy atom. The van der Waals surface area contributed by atoms with E-state index in [1.54, 1.807) is 13.0 Å². The van der Waals surface area contributed by atoms with Gasteiger partial charge in [-0.25, -0.2) is 4.98 Å². The molecule has 1 N–H and O–H groups in total. The molecule has 1 fully saturated rings. The van der Waals surface area contributed by atoms with E-state index >= 15 is 0 Å². The lowest BCUT2D eigenvalue weighted by Gasteiger charge is -2.35. The molecule has 2 rings (SSSR count). The summed E-state index contributed by atoms with van der Waals surface area (Å²) in [4.78, 5) is 27.5. The van der Waals surface area contributed by atoms with E-state index in [4.69, 9.17) is 5.11 Å². The third kappa shape index (κ3) is 2.87.